The molecule has 2 nitrogen and oxygen atoms in total. The van der Waals surface area contributed by atoms with Crippen molar-refractivity contribution in [2.45, 2.75) is 38.2 Å². The molecule has 0 amide bonds. The van der Waals surface area contributed by atoms with Crippen molar-refractivity contribution >= 4 is 15.9 Å². The molecule has 106 valence electrons. The molecule has 19 heavy (non-hydrogen) atoms. The maximum Gasteiger partial charge on any atom is 0.0540 e. The van der Waals surface area contributed by atoms with Crippen LogP contribution in [0.3, 0.4) is 0 Å². The van der Waals surface area contributed by atoms with E-state index in [2.05, 4.69) is 52.1 Å². The molecule has 0 aliphatic heterocycles. The topological polar surface area (TPSA) is 23.5 Å². The van der Waals surface area contributed by atoms with Crippen LogP contribution in [-0.2, 0) is 6.42 Å². The zero-order valence-corrected chi connectivity index (χ0v) is 13.3. The van der Waals surface area contributed by atoms with Crippen molar-refractivity contribution in [3.63, 3.8) is 0 Å². The van der Waals surface area contributed by atoms with Crippen molar-refractivity contribution in [2.24, 2.45) is 5.92 Å². The van der Waals surface area contributed by atoms with Gasteiger partial charge in [0.05, 0.1) is 6.10 Å². The van der Waals surface area contributed by atoms with E-state index >= 15 is 0 Å². The van der Waals surface area contributed by atoms with Gasteiger partial charge in [0.15, 0.2) is 0 Å². The Balaban J connectivity index is 1.73. The van der Waals surface area contributed by atoms with Crippen LogP contribution in [0.15, 0.2) is 28.7 Å². The summed E-state index contributed by atoms with van der Waals surface area (Å²) in [4.78, 5) is 2.43. The lowest BCUT2D eigenvalue weighted by Crippen LogP contribution is -2.31. The molecule has 3 heteroatoms. The lowest BCUT2D eigenvalue weighted by atomic mass is 9.87. The molecule has 0 saturated heterocycles. The number of halogens is 1. The van der Waals surface area contributed by atoms with Gasteiger partial charge in [-0.3, -0.25) is 0 Å². The lowest BCUT2D eigenvalue weighted by molar-refractivity contribution is 0.0978. The van der Waals surface area contributed by atoms with Crippen LogP contribution in [-0.4, -0.2) is 36.2 Å². The largest absolute Gasteiger partial charge is 0.393 e. The minimum Gasteiger partial charge on any atom is -0.393 e. The Hall–Kier alpha value is -0.380. The molecule has 2 rings (SSSR count). The van der Waals surface area contributed by atoms with Crippen molar-refractivity contribution < 1.29 is 5.11 Å². The zero-order chi connectivity index (χ0) is 13.7. The molecule has 1 saturated carbocycles. The van der Waals surface area contributed by atoms with Gasteiger partial charge in [0, 0.05) is 17.6 Å². The highest BCUT2D eigenvalue weighted by atomic mass is 79.9. The quantitative estimate of drug-likeness (QED) is 0.895. The number of hydrogen-bond donors (Lipinski definition) is 1. The fourth-order valence-corrected chi connectivity index (χ4v) is 3.35. The van der Waals surface area contributed by atoms with Gasteiger partial charge in [-0.05, 0) is 56.7 Å². The van der Waals surface area contributed by atoms with Crippen LogP contribution < -0.4 is 0 Å². The zero-order valence-electron chi connectivity index (χ0n) is 11.7. The second-order valence-electron chi connectivity index (χ2n) is 5.78. The van der Waals surface area contributed by atoms with E-state index in [1.54, 1.807) is 0 Å². The van der Waals surface area contributed by atoms with E-state index in [0.717, 1.165) is 38.3 Å². The number of rotatable bonds is 5. The van der Waals surface area contributed by atoms with Gasteiger partial charge in [-0.2, -0.15) is 0 Å². The Bertz CT molecular complexity index is 388. The third-order valence-corrected chi connectivity index (χ3v) is 4.88. The maximum absolute atomic E-state index is 9.52. The fourth-order valence-electron chi connectivity index (χ4n) is 2.87. The maximum atomic E-state index is 9.52. The van der Waals surface area contributed by atoms with Gasteiger partial charge in [0.2, 0.25) is 0 Å². The first-order valence-electron chi connectivity index (χ1n) is 7.25. The van der Waals surface area contributed by atoms with Crippen molar-refractivity contribution in [3.8, 4) is 0 Å². The number of likely N-dealkylation sites (N-methyl/N-ethyl adjacent to an activating group) is 1. The Labute approximate surface area is 124 Å². The summed E-state index contributed by atoms with van der Waals surface area (Å²) in [6, 6.07) is 8.46. The molecule has 1 N–H and O–H groups in total. The smallest absolute Gasteiger partial charge is 0.0540 e. The highest BCUT2D eigenvalue weighted by Gasteiger charge is 2.20. The first-order chi connectivity index (χ1) is 9.15. The van der Waals surface area contributed by atoms with Crippen LogP contribution in [0.2, 0.25) is 0 Å². The summed E-state index contributed by atoms with van der Waals surface area (Å²) in [5.74, 6) is 0.771. The van der Waals surface area contributed by atoms with Crippen LogP contribution >= 0.6 is 15.9 Å². The summed E-state index contributed by atoms with van der Waals surface area (Å²) < 4.78 is 1.21. The van der Waals surface area contributed by atoms with E-state index < -0.39 is 0 Å². The molecule has 0 radical (unpaired) electrons. The predicted molar refractivity (Wildman–Crippen MR) is 83.3 cm³/mol. The SMILES string of the molecule is CN(CCc1ccccc1Br)CC1CCC(O)CC1. The first kappa shape index (κ1) is 15.0. The van der Waals surface area contributed by atoms with E-state index in [-0.39, 0.29) is 6.10 Å². The van der Waals surface area contributed by atoms with Crippen molar-refractivity contribution in [3.05, 3.63) is 34.3 Å². The standard InChI is InChI=1S/C16H24BrNO/c1-18(12-13-6-8-15(19)9-7-13)11-10-14-4-2-3-5-16(14)17/h2-5,13,15,19H,6-12H2,1H3. The number of aliphatic hydroxyl groups is 1. The summed E-state index contributed by atoms with van der Waals surface area (Å²) in [6.45, 7) is 2.26. The lowest BCUT2D eigenvalue weighted by Gasteiger charge is -2.29. The normalized spacial score (nSPS) is 23.8. The molecule has 1 aliphatic carbocycles. The average Bonchev–Trinajstić information content (AvgIpc) is 2.40. The summed E-state index contributed by atoms with van der Waals surface area (Å²) in [5.41, 5.74) is 1.38. The summed E-state index contributed by atoms with van der Waals surface area (Å²) in [6.07, 6.45) is 5.39. The van der Waals surface area contributed by atoms with Crippen LogP contribution in [0.25, 0.3) is 0 Å². The van der Waals surface area contributed by atoms with E-state index in [0.29, 0.717) is 0 Å². The molecule has 0 bridgehead atoms. The second kappa shape index (κ2) is 7.41. The molecule has 0 atom stereocenters. The van der Waals surface area contributed by atoms with Crippen molar-refractivity contribution in [2.75, 3.05) is 20.1 Å². The molecule has 0 spiro atoms. The van der Waals surface area contributed by atoms with E-state index in [1.807, 2.05) is 0 Å². The molecular weight excluding hydrogens is 302 g/mol. The molecule has 1 aromatic rings. The van der Waals surface area contributed by atoms with E-state index in [1.165, 1.54) is 22.9 Å². The van der Waals surface area contributed by atoms with E-state index in [4.69, 9.17) is 0 Å². The van der Waals surface area contributed by atoms with Crippen LogP contribution in [0.4, 0.5) is 0 Å². The Morgan fingerprint density at radius 3 is 2.58 bits per heavy atom. The van der Waals surface area contributed by atoms with Crippen molar-refractivity contribution in [1.82, 2.24) is 4.90 Å². The molecule has 1 aliphatic rings. The fraction of sp³-hybridized carbons (Fsp3) is 0.625. The van der Waals surface area contributed by atoms with Gasteiger partial charge in [0.25, 0.3) is 0 Å². The summed E-state index contributed by atoms with van der Waals surface area (Å²) in [5, 5.41) is 9.52. The summed E-state index contributed by atoms with van der Waals surface area (Å²) >= 11 is 3.61. The molecule has 0 heterocycles. The van der Waals surface area contributed by atoms with Crippen molar-refractivity contribution in [1.29, 1.82) is 0 Å². The Morgan fingerprint density at radius 2 is 1.89 bits per heavy atom. The van der Waals surface area contributed by atoms with Crippen LogP contribution in [0, 0.1) is 5.92 Å². The van der Waals surface area contributed by atoms with Crippen LogP contribution in [0.1, 0.15) is 31.2 Å². The predicted octanol–water partition coefficient (Wildman–Crippen LogP) is 3.47. The second-order valence-corrected chi connectivity index (χ2v) is 6.63. The number of benzene rings is 1. The van der Waals surface area contributed by atoms with Gasteiger partial charge in [-0.15, -0.1) is 0 Å². The highest BCUT2D eigenvalue weighted by Crippen LogP contribution is 2.25. The minimum atomic E-state index is -0.0400. The highest BCUT2D eigenvalue weighted by molar-refractivity contribution is 9.10. The van der Waals surface area contributed by atoms with Gasteiger partial charge in [-0.25, -0.2) is 0 Å². The number of hydrogen-bond acceptors (Lipinski definition) is 2. The molecular formula is C16H24BrNO. The average molecular weight is 326 g/mol. The van der Waals surface area contributed by atoms with Gasteiger partial charge in [0.1, 0.15) is 0 Å². The first-order valence-corrected chi connectivity index (χ1v) is 8.04. The number of nitrogens with zero attached hydrogens (tertiary/aromatic N) is 1. The molecule has 0 unspecified atom stereocenters. The summed E-state index contributed by atoms with van der Waals surface area (Å²) in [7, 11) is 2.21. The minimum absolute atomic E-state index is 0.0400. The Morgan fingerprint density at radius 1 is 1.21 bits per heavy atom. The Kier molecular flexibility index (Phi) is 5.86. The van der Waals surface area contributed by atoms with E-state index in [9.17, 15) is 5.11 Å². The molecule has 0 aromatic heterocycles. The monoisotopic (exact) mass is 325 g/mol. The third kappa shape index (κ3) is 4.90. The van der Waals surface area contributed by atoms with Crippen LogP contribution in [0.5, 0.6) is 0 Å². The molecule has 1 aromatic carbocycles. The van der Waals surface area contributed by atoms with Gasteiger partial charge < -0.3 is 10.0 Å². The molecule has 1 fully saturated rings. The van der Waals surface area contributed by atoms with Gasteiger partial charge >= 0.3 is 0 Å². The number of aliphatic hydroxyl groups excluding tert-OH is 1. The third-order valence-electron chi connectivity index (χ3n) is 4.11. The van der Waals surface area contributed by atoms with Gasteiger partial charge in [-0.1, -0.05) is 34.1 Å².